The predicted molar refractivity (Wildman–Crippen MR) is 149 cm³/mol. The number of nitrogens with zero attached hydrogens (tertiary/aromatic N) is 1. The Kier molecular flexibility index (Phi) is 8.15. The minimum Gasteiger partial charge on any atom is -0.493 e. The third-order valence-electron chi connectivity index (χ3n) is 6.66. The van der Waals surface area contributed by atoms with Gasteiger partial charge in [0.15, 0.2) is 11.5 Å². The van der Waals surface area contributed by atoms with E-state index >= 15 is 0 Å². The van der Waals surface area contributed by atoms with E-state index in [9.17, 15) is 10.1 Å². The average Bonchev–Trinajstić information content (AvgIpc) is 2.92. The molecule has 202 valence electrons. The van der Waals surface area contributed by atoms with Gasteiger partial charge in [-0.3, -0.25) is 0 Å². The molecule has 7 nitrogen and oxygen atoms in total. The lowest BCUT2D eigenvalue weighted by atomic mass is 9.83. The number of hydrogen-bond acceptors (Lipinski definition) is 7. The van der Waals surface area contributed by atoms with E-state index in [0.29, 0.717) is 35.2 Å². The van der Waals surface area contributed by atoms with Gasteiger partial charge in [-0.25, -0.2) is 4.79 Å². The molecule has 0 aromatic heterocycles. The van der Waals surface area contributed by atoms with Gasteiger partial charge in [0.25, 0.3) is 0 Å². The number of fused-ring (bicyclic) bond motifs is 1. The second kappa shape index (κ2) is 11.5. The van der Waals surface area contributed by atoms with E-state index in [1.54, 1.807) is 37.4 Å². The maximum absolute atomic E-state index is 12.8. The number of benzene rings is 3. The van der Waals surface area contributed by atoms with Crippen LogP contribution >= 0.6 is 0 Å². The molecule has 1 heterocycles. The van der Waals surface area contributed by atoms with E-state index in [4.69, 9.17) is 24.7 Å². The molecule has 3 aromatic carbocycles. The standard InChI is InChI=1S/C32H34N2O5/c1-6-7-16-37-26-15-10-21(17-28(26)36-5)29-24-14-13-23(18-27(24)39-30(34)25(29)19-33)38-31(35)20-8-11-22(12-9-20)32(2,3)4/h8-15,17-18,29H,6-7,16,34H2,1-5H3. The maximum Gasteiger partial charge on any atom is 0.343 e. The molecule has 1 aliphatic rings. The zero-order chi connectivity index (χ0) is 28.2. The molecule has 7 heteroatoms. The van der Waals surface area contributed by atoms with Gasteiger partial charge in [0.05, 0.1) is 25.2 Å². The van der Waals surface area contributed by atoms with Crippen LogP contribution in [0.25, 0.3) is 0 Å². The van der Waals surface area contributed by atoms with Crippen LogP contribution < -0.4 is 24.7 Å². The molecule has 39 heavy (non-hydrogen) atoms. The van der Waals surface area contributed by atoms with Gasteiger partial charge >= 0.3 is 5.97 Å². The predicted octanol–water partition coefficient (Wildman–Crippen LogP) is 6.61. The molecule has 0 amide bonds. The van der Waals surface area contributed by atoms with Crippen molar-refractivity contribution in [2.75, 3.05) is 13.7 Å². The molecule has 2 N–H and O–H groups in total. The number of ether oxygens (including phenoxy) is 4. The summed E-state index contributed by atoms with van der Waals surface area (Å²) < 4.78 is 22.9. The minimum absolute atomic E-state index is 0.00140. The van der Waals surface area contributed by atoms with Crippen molar-refractivity contribution >= 4 is 5.97 Å². The van der Waals surface area contributed by atoms with Crippen molar-refractivity contribution in [2.24, 2.45) is 5.73 Å². The Bertz CT molecular complexity index is 1430. The number of methoxy groups -OCH3 is 1. The lowest BCUT2D eigenvalue weighted by Gasteiger charge is -2.27. The van der Waals surface area contributed by atoms with Gasteiger partial charge in [-0.15, -0.1) is 0 Å². The van der Waals surface area contributed by atoms with Gasteiger partial charge in [-0.05, 0) is 53.3 Å². The summed E-state index contributed by atoms with van der Waals surface area (Å²) in [6, 6.07) is 20.2. The largest absolute Gasteiger partial charge is 0.493 e. The first-order chi connectivity index (χ1) is 18.7. The summed E-state index contributed by atoms with van der Waals surface area (Å²) in [6.07, 6.45) is 1.96. The molecule has 1 aliphatic heterocycles. The Labute approximate surface area is 229 Å². The van der Waals surface area contributed by atoms with E-state index < -0.39 is 11.9 Å². The summed E-state index contributed by atoms with van der Waals surface area (Å²) in [5.74, 6) is 0.943. The van der Waals surface area contributed by atoms with Gasteiger partial charge in [-0.2, -0.15) is 5.26 Å². The number of carbonyl (C=O) groups is 1. The first-order valence-corrected chi connectivity index (χ1v) is 13.0. The third kappa shape index (κ3) is 6.01. The van der Waals surface area contributed by atoms with Crippen LogP contribution in [-0.2, 0) is 5.41 Å². The molecule has 4 rings (SSSR count). The number of esters is 1. The number of allylic oxidation sites excluding steroid dienone is 1. The Morgan fingerprint density at radius 2 is 1.79 bits per heavy atom. The van der Waals surface area contributed by atoms with Crippen molar-refractivity contribution < 1.29 is 23.7 Å². The van der Waals surface area contributed by atoms with Gasteiger partial charge in [-0.1, -0.05) is 58.4 Å². The Morgan fingerprint density at radius 3 is 2.44 bits per heavy atom. The van der Waals surface area contributed by atoms with Crippen LogP contribution in [0.1, 0.15) is 73.5 Å². The van der Waals surface area contributed by atoms with Crippen molar-refractivity contribution in [3.63, 3.8) is 0 Å². The molecule has 0 aliphatic carbocycles. The number of nitrogens with two attached hydrogens (primary N) is 1. The van der Waals surface area contributed by atoms with Crippen molar-refractivity contribution in [1.82, 2.24) is 0 Å². The molecule has 0 spiro atoms. The van der Waals surface area contributed by atoms with Gasteiger partial charge < -0.3 is 24.7 Å². The van der Waals surface area contributed by atoms with Crippen LogP contribution in [0.3, 0.4) is 0 Å². The van der Waals surface area contributed by atoms with Crippen LogP contribution in [0.2, 0.25) is 0 Å². The number of unbranched alkanes of at least 4 members (excludes halogenated alkanes) is 1. The Morgan fingerprint density at radius 1 is 1.05 bits per heavy atom. The van der Waals surface area contributed by atoms with Crippen molar-refractivity contribution in [3.05, 3.63) is 94.4 Å². The molecule has 1 unspecified atom stereocenters. The first-order valence-electron chi connectivity index (χ1n) is 13.0. The Hall–Kier alpha value is -4.44. The summed E-state index contributed by atoms with van der Waals surface area (Å²) in [5.41, 5.74) is 9.53. The van der Waals surface area contributed by atoms with E-state index in [-0.39, 0.29) is 16.9 Å². The summed E-state index contributed by atoms with van der Waals surface area (Å²) in [6.45, 7) is 9.03. The van der Waals surface area contributed by atoms with E-state index in [2.05, 4.69) is 33.8 Å². The number of hydrogen-bond donors (Lipinski definition) is 1. The van der Waals surface area contributed by atoms with E-state index in [1.165, 1.54) is 0 Å². The highest BCUT2D eigenvalue weighted by atomic mass is 16.5. The highest BCUT2D eigenvalue weighted by molar-refractivity contribution is 5.91. The third-order valence-corrected chi connectivity index (χ3v) is 6.66. The van der Waals surface area contributed by atoms with Crippen molar-refractivity contribution in [3.8, 4) is 29.1 Å². The van der Waals surface area contributed by atoms with Gasteiger partial charge in [0, 0.05) is 11.6 Å². The van der Waals surface area contributed by atoms with Crippen LogP contribution in [0.4, 0.5) is 0 Å². The lowest BCUT2D eigenvalue weighted by molar-refractivity contribution is 0.0734. The summed E-state index contributed by atoms with van der Waals surface area (Å²) >= 11 is 0. The van der Waals surface area contributed by atoms with E-state index in [1.807, 2.05) is 30.3 Å². The van der Waals surface area contributed by atoms with Gasteiger partial charge in [0.2, 0.25) is 5.88 Å². The molecule has 1 atom stereocenters. The fourth-order valence-electron chi connectivity index (χ4n) is 4.42. The zero-order valence-electron chi connectivity index (χ0n) is 23.0. The molecule has 0 radical (unpaired) electrons. The maximum atomic E-state index is 12.8. The fraction of sp³-hybridized carbons (Fsp3) is 0.312. The van der Waals surface area contributed by atoms with Gasteiger partial charge in [0.1, 0.15) is 23.1 Å². The smallest absolute Gasteiger partial charge is 0.343 e. The number of carbonyl (C=O) groups excluding carboxylic acids is 1. The topological polar surface area (TPSA) is 104 Å². The molecule has 0 fully saturated rings. The first kappa shape index (κ1) is 27.6. The van der Waals surface area contributed by atoms with Crippen LogP contribution in [0.5, 0.6) is 23.0 Å². The summed E-state index contributed by atoms with van der Waals surface area (Å²) in [5, 5.41) is 9.92. The normalized spacial score (nSPS) is 14.6. The van der Waals surface area contributed by atoms with Crippen LogP contribution in [-0.4, -0.2) is 19.7 Å². The van der Waals surface area contributed by atoms with Crippen molar-refractivity contribution in [1.29, 1.82) is 5.26 Å². The molecular formula is C32H34N2O5. The Balaban J connectivity index is 1.62. The number of nitriles is 1. The summed E-state index contributed by atoms with van der Waals surface area (Å²) in [4.78, 5) is 12.8. The lowest BCUT2D eigenvalue weighted by Crippen LogP contribution is -2.21. The molecule has 0 saturated heterocycles. The quantitative estimate of drug-likeness (QED) is 0.200. The van der Waals surface area contributed by atoms with Crippen LogP contribution in [0.15, 0.2) is 72.1 Å². The molecule has 3 aromatic rings. The molecule has 0 saturated carbocycles. The minimum atomic E-state index is -0.493. The second-order valence-corrected chi connectivity index (χ2v) is 10.5. The number of rotatable bonds is 8. The SMILES string of the molecule is CCCCOc1ccc(C2C(C#N)=C(N)Oc3cc(OC(=O)c4ccc(C(C)(C)C)cc4)ccc32)cc1OC. The fourth-order valence-corrected chi connectivity index (χ4v) is 4.42. The second-order valence-electron chi connectivity index (χ2n) is 10.5. The highest BCUT2D eigenvalue weighted by Gasteiger charge is 2.32. The van der Waals surface area contributed by atoms with Crippen LogP contribution in [0, 0.1) is 11.3 Å². The zero-order valence-corrected chi connectivity index (χ0v) is 23.0. The highest BCUT2D eigenvalue weighted by Crippen LogP contribution is 2.45. The summed E-state index contributed by atoms with van der Waals surface area (Å²) in [7, 11) is 1.58. The van der Waals surface area contributed by atoms with Crippen molar-refractivity contribution in [2.45, 2.75) is 51.9 Å². The monoisotopic (exact) mass is 526 g/mol. The average molecular weight is 527 g/mol. The van der Waals surface area contributed by atoms with E-state index in [0.717, 1.165) is 29.5 Å². The molecular weight excluding hydrogens is 492 g/mol. The molecule has 0 bridgehead atoms.